The van der Waals surface area contributed by atoms with Crippen molar-refractivity contribution < 1.29 is 9.59 Å². The van der Waals surface area contributed by atoms with Gasteiger partial charge in [0.25, 0.3) is 5.91 Å². The number of anilines is 2. The standard InChI is InChI=1S/C11H15N5O2/c1-16-10(17)6-5-7(11(16)18)13-8-3-2-4-9(14-8)15-12/h2-4,7H,5-6,12H2,1H3,(H2,13,14,15). The van der Waals surface area contributed by atoms with Crippen LogP contribution in [-0.4, -0.2) is 34.8 Å². The topological polar surface area (TPSA) is 100 Å². The molecule has 4 N–H and O–H groups in total. The SMILES string of the molecule is CN1C(=O)CCC(Nc2cccc(NN)n2)C1=O. The van der Waals surface area contributed by atoms with Gasteiger partial charge in [-0.3, -0.25) is 14.5 Å². The van der Waals surface area contributed by atoms with Crippen molar-refractivity contribution in [2.24, 2.45) is 5.84 Å². The number of nitrogen functional groups attached to an aromatic ring is 1. The van der Waals surface area contributed by atoms with E-state index in [4.69, 9.17) is 5.84 Å². The van der Waals surface area contributed by atoms with E-state index < -0.39 is 6.04 Å². The molecule has 0 aromatic carbocycles. The van der Waals surface area contributed by atoms with E-state index in [2.05, 4.69) is 15.7 Å². The molecule has 96 valence electrons. The zero-order valence-electron chi connectivity index (χ0n) is 10.0. The lowest BCUT2D eigenvalue weighted by atomic mass is 10.0. The number of hydrogen-bond acceptors (Lipinski definition) is 6. The van der Waals surface area contributed by atoms with Crippen molar-refractivity contribution in [1.29, 1.82) is 0 Å². The Morgan fingerprint density at radius 2 is 2.11 bits per heavy atom. The molecule has 1 fully saturated rings. The number of nitrogens with two attached hydrogens (primary N) is 1. The second-order valence-electron chi connectivity index (χ2n) is 4.08. The maximum absolute atomic E-state index is 11.9. The van der Waals surface area contributed by atoms with Crippen LogP contribution in [0.3, 0.4) is 0 Å². The molecule has 1 aliphatic heterocycles. The summed E-state index contributed by atoms with van der Waals surface area (Å²) in [6.45, 7) is 0. The first-order chi connectivity index (χ1) is 8.61. The van der Waals surface area contributed by atoms with Crippen LogP contribution < -0.4 is 16.6 Å². The minimum atomic E-state index is -0.423. The molecule has 2 heterocycles. The summed E-state index contributed by atoms with van der Waals surface area (Å²) in [7, 11) is 1.49. The largest absolute Gasteiger partial charge is 0.358 e. The highest BCUT2D eigenvalue weighted by Crippen LogP contribution is 2.16. The van der Waals surface area contributed by atoms with E-state index in [9.17, 15) is 9.59 Å². The number of likely N-dealkylation sites (N-methyl/N-ethyl adjacent to an activating group) is 1. The van der Waals surface area contributed by atoms with Gasteiger partial charge in [-0.05, 0) is 18.6 Å². The van der Waals surface area contributed by atoms with Crippen LogP contribution in [-0.2, 0) is 9.59 Å². The molecule has 0 spiro atoms. The van der Waals surface area contributed by atoms with Gasteiger partial charge in [0.1, 0.15) is 17.7 Å². The molecule has 1 aromatic heterocycles. The normalized spacial score (nSPS) is 19.9. The zero-order valence-corrected chi connectivity index (χ0v) is 10.0. The lowest BCUT2D eigenvalue weighted by molar-refractivity contribution is -0.146. The molecular formula is C11H15N5O2. The van der Waals surface area contributed by atoms with Crippen molar-refractivity contribution in [3.8, 4) is 0 Å². The first-order valence-corrected chi connectivity index (χ1v) is 5.62. The number of pyridine rings is 1. The van der Waals surface area contributed by atoms with Crippen molar-refractivity contribution in [3.05, 3.63) is 18.2 Å². The van der Waals surface area contributed by atoms with Crippen LogP contribution in [0.5, 0.6) is 0 Å². The number of aromatic nitrogens is 1. The Morgan fingerprint density at radius 3 is 2.83 bits per heavy atom. The quantitative estimate of drug-likeness (QED) is 0.394. The summed E-state index contributed by atoms with van der Waals surface area (Å²) in [6.07, 6.45) is 0.832. The molecule has 7 nitrogen and oxygen atoms in total. The van der Waals surface area contributed by atoms with Crippen LogP contribution in [0.25, 0.3) is 0 Å². The molecule has 0 bridgehead atoms. The summed E-state index contributed by atoms with van der Waals surface area (Å²) in [6, 6.07) is 4.80. The number of hydrogen-bond donors (Lipinski definition) is 3. The van der Waals surface area contributed by atoms with Crippen LogP contribution in [0, 0.1) is 0 Å². The fraction of sp³-hybridized carbons (Fsp3) is 0.364. The third kappa shape index (κ3) is 2.40. The summed E-state index contributed by atoms with van der Waals surface area (Å²) in [5, 5.41) is 3.01. The summed E-state index contributed by atoms with van der Waals surface area (Å²) >= 11 is 0. The average molecular weight is 249 g/mol. The Bertz CT molecular complexity index is 476. The summed E-state index contributed by atoms with van der Waals surface area (Å²) in [5.74, 6) is 5.93. The van der Waals surface area contributed by atoms with Crippen LogP contribution in [0.2, 0.25) is 0 Å². The Balaban J connectivity index is 2.09. The van der Waals surface area contributed by atoms with Gasteiger partial charge in [-0.15, -0.1) is 0 Å². The van der Waals surface area contributed by atoms with Crippen molar-refractivity contribution >= 4 is 23.5 Å². The number of nitrogens with one attached hydrogen (secondary N) is 2. The highest BCUT2D eigenvalue weighted by Gasteiger charge is 2.31. The van der Waals surface area contributed by atoms with Gasteiger partial charge in [-0.1, -0.05) is 6.07 Å². The molecule has 1 saturated heterocycles. The van der Waals surface area contributed by atoms with Crippen LogP contribution in [0.1, 0.15) is 12.8 Å². The van der Waals surface area contributed by atoms with E-state index in [1.54, 1.807) is 18.2 Å². The third-order valence-electron chi connectivity index (χ3n) is 2.87. The molecule has 1 atom stereocenters. The van der Waals surface area contributed by atoms with Gasteiger partial charge < -0.3 is 10.7 Å². The minimum absolute atomic E-state index is 0.150. The first kappa shape index (κ1) is 12.3. The fourth-order valence-electron chi connectivity index (χ4n) is 1.82. The van der Waals surface area contributed by atoms with E-state index >= 15 is 0 Å². The van der Waals surface area contributed by atoms with Crippen LogP contribution in [0.15, 0.2) is 18.2 Å². The lowest BCUT2D eigenvalue weighted by Gasteiger charge is -2.28. The molecule has 0 aliphatic carbocycles. The molecule has 18 heavy (non-hydrogen) atoms. The molecule has 1 unspecified atom stereocenters. The Kier molecular flexibility index (Phi) is 3.42. The molecule has 0 saturated carbocycles. The number of carbonyl (C=O) groups excluding carboxylic acids is 2. The van der Waals surface area contributed by atoms with Crippen molar-refractivity contribution in [1.82, 2.24) is 9.88 Å². The lowest BCUT2D eigenvalue weighted by Crippen LogP contribution is -2.48. The Morgan fingerprint density at radius 1 is 1.39 bits per heavy atom. The number of hydrazine groups is 1. The molecular weight excluding hydrogens is 234 g/mol. The van der Waals surface area contributed by atoms with Crippen LogP contribution >= 0.6 is 0 Å². The van der Waals surface area contributed by atoms with Crippen molar-refractivity contribution in [2.75, 3.05) is 17.8 Å². The summed E-state index contributed by atoms with van der Waals surface area (Å²) < 4.78 is 0. The zero-order chi connectivity index (χ0) is 13.1. The molecule has 2 rings (SSSR count). The molecule has 2 amide bonds. The summed E-state index contributed by atoms with van der Waals surface area (Å²) in [5.41, 5.74) is 2.43. The average Bonchev–Trinajstić information content (AvgIpc) is 2.40. The highest BCUT2D eigenvalue weighted by atomic mass is 16.2. The van der Waals surface area contributed by atoms with Gasteiger partial charge in [-0.25, -0.2) is 10.8 Å². The second-order valence-corrected chi connectivity index (χ2v) is 4.08. The third-order valence-corrected chi connectivity index (χ3v) is 2.87. The Hall–Kier alpha value is -2.15. The molecule has 1 aromatic rings. The van der Waals surface area contributed by atoms with E-state index in [1.165, 1.54) is 7.05 Å². The number of carbonyl (C=O) groups is 2. The minimum Gasteiger partial charge on any atom is -0.358 e. The fourth-order valence-corrected chi connectivity index (χ4v) is 1.82. The van der Waals surface area contributed by atoms with Gasteiger partial charge >= 0.3 is 0 Å². The van der Waals surface area contributed by atoms with Crippen molar-refractivity contribution in [3.63, 3.8) is 0 Å². The number of likely N-dealkylation sites (tertiary alicyclic amines) is 1. The number of rotatable bonds is 3. The molecule has 7 heteroatoms. The maximum Gasteiger partial charge on any atom is 0.251 e. The number of amides is 2. The van der Waals surface area contributed by atoms with Gasteiger partial charge in [0.05, 0.1) is 0 Å². The van der Waals surface area contributed by atoms with E-state index in [0.717, 1.165) is 4.90 Å². The van der Waals surface area contributed by atoms with Gasteiger partial charge in [0.2, 0.25) is 5.91 Å². The number of imide groups is 1. The van der Waals surface area contributed by atoms with Gasteiger partial charge in [0, 0.05) is 13.5 Å². The molecule has 0 radical (unpaired) electrons. The predicted molar refractivity (Wildman–Crippen MR) is 66.5 cm³/mol. The van der Waals surface area contributed by atoms with E-state index in [1.807, 2.05) is 0 Å². The number of nitrogens with zero attached hydrogens (tertiary/aromatic N) is 2. The highest BCUT2D eigenvalue weighted by molar-refractivity contribution is 6.01. The van der Waals surface area contributed by atoms with Crippen molar-refractivity contribution in [2.45, 2.75) is 18.9 Å². The Labute approximate surface area is 104 Å². The van der Waals surface area contributed by atoms with Crippen LogP contribution in [0.4, 0.5) is 11.6 Å². The second kappa shape index (κ2) is 5.01. The maximum atomic E-state index is 11.9. The monoisotopic (exact) mass is 249 g/mol. The number of piperidine rings is 1. The first-order valence-electron chi connectivity index (χ1n) is 5.62. The van der Waals surface area contributed by atoms with E-state index in [-0.39, 0.29) is 11.8 Å². The van der Waals surface area contributed by atoms with Gasteiger partial charge in [-0.2, -0.15) is 0 Å². The predicted octanol–water partition coefficient (Wildman–Crippen LogP) is -0.0735. The molecule has 1 aliphatic rings. The van der Waals surface area contributed by atoms with Gasteiger partial charge in [0.15, 0.2) is 0 Å². The smallest absolute Gasteiger partial charge is 0.251 e. The summed E-state index contributed by atoms with van der Waals surface area (Å²) in [4.78, 5) is 28.5. The van der Waals surface area contributed by atoms with E-state index in [0.29, 0.717) is 24.5 Å².